The number of sulfonamides is 1. The van der Waals surface area contributed by atoms with Crippen LogP contribution >= 0.6 is 0 Å². The summed E-state index contributed by atoms with van der Waals surface area (Å²) in [6.45, 7) is 2.31. The molecule has 1 amide bonds. The first-order valence-electron chi connectivity index (χ1n) is 9.49. The molecule has 1 heterocycles. The van der Waals surface area contributed by atoms with Crippen molar-refractivity contribution in [1.29, 1.82) is 0 Å². The van der Waals surface area contributed by atoms with Crippen LogP contribution in [0.1, 0.15) is 35.7 Å². The first-order chi connectivity index (χ1) is 14.1. The zero-order chi connectivity index (χ0) is 22.4. The molecule has 30 heavy (non-hydrogen) atoms. The summed E-state index contributed by atoms with van der Waals surface area (Å²) in [6.07, 6.45) is 0.450. The molecule has 1 aromatic rings. The van der Waals surface area contributed by atoms with Gasteiger partial charge in [0.2, 0.25) is 0 Å². The van der Waals surface area contributed by atoms with Crippen molar-refractivity contribution in [2.45, 2.75) is 37.9 Å². The fraction of sp³-hybridized carbons (Fsp3) is 0.556. The number of carbonyl (C=O) groups is 1. The number of nitrogens with zero attached hydrogens (tertiary/aromatic N) is 2. The minimum absolute atomic E-state index is 0.164. The van der Waals surface area contributed by atoms with E-state index < -0.39 is 15.5 Å². The molecule has 0 aliphatic carbocycles. The van der Waals surface area contributed by atoms with Crippen molar-refractivity contribution in [2.24, 2.45) is 4.99 Å². The van der Waals surface area contributed by atoms with Crippen molar-refractivity contribution < 1.29 is 26.4 Å². The van der Waals surface area contributed by atoms with Crippen LogP contribution in [0, 0.1) is 0 Å². The van der Waals surface area contributed by atoms with Gasteiger partial charge in [0.25, 0.3) is 5.91 Å². The average Bonchev–Trinajstić information content (AvgIpc) is 2.71. The molecule has 12 heteroatoms. The number of rotatable bonds is 6. The predicted octanol–water partition coefficient (Wildman–Crippen LogP) is 1.42. The lowest BCUT2D eigenvalue weighted by Crippen LogP contribution is -2.51. The number of piperidine rings is 1. The largest absolute Gasteiger partial charge is 0.511 e. The number of hydrogen-bond acceptors (Lipinski definition) is 4. The first-order valence-corrected chi connectivity index (χ1v) is 10.9. The third-order valence-corrected chi connectivity index (χ3v) is 6.27. The van der Waals surface area contributed by atoms with Gasteiger partial charge in [-0.3, -0.25) is 9.79 Å². The van der Waals surface area contributed by atoms with E-state index in [2.05, 4.69) is 20.9 Å². The molecule has 1 aliphatic rings. The van der Waals surface area contributed by atoms with Crippen molar-refractivity contribution in [3.63, 3.8) is 0 Å². The summed E-state index contributed by atoms with van der Waals surface area (Å²) >= 11 is 0. The molecule has 0 aromatic heterocycles. The topological polar surface area (TPSA) is 103 Å². The second kappa shape index (κ2) is 10.1. The van der Waals surface area contributed by atoms with E-state index in [1.54, 1.807) is 25.2 Å². The van der Waals surface area contributed by atoms with E-state index in [9.17, 15) is 26.4 Å². The molecule has 168 valence electrons. The van der Waals surface area contributed by atoms with Crippen molar-refractivity contribution in [3.05, 3.63) is 35.4 Å². The highest BCUT2D eigenvalue weighted by molar-refractivity contribution is 7.90. The fourth-order valence-electron chi connectivity index (χ4n) is 3.05. The molecule has 3 N–H and O–H groups in total. The Kier molecular flexibility index (Phi) is 8.07. The Labute approximate surface area is 174 Å². The third kappa shape index (κ3) is 6.08. The zero-order valence-electron chi connectivity index (χ0n) is 16.8. The van der Waals surface area contributed by atoms with Gasteiger partial charge in [0.05, 0.1) is 0 Å². The van der Waals surface area contributed by atoms with Crippen LogP contribution in [0.3, 0.4) is 0 Å². The van der Waals surface area contributed by atoms with E-state index in [0.29, 0.717) is 28.9 Å². The van der Waals surface area contributed by atoms with E-state index >= 15 is 0 Å². The minimum Gasteiger partial charge on any atom is -0.354 e. The number of aliphatic imine (C=N–C) groups is 1. The van der Waals surface area contributed by atoms with E-state index in [0.717, 1.165) is 5.56 Å². The standard InChI is InChI=1S/C18H26F3N5O3S/c1-3-23-16(27)14-6-4-5-13(11-14)12-24-17(22-2)25-15-7-9-26(10-8-15)30(28,29)18(19,20)21/h4-6,11,15H,3,7-10,12H2,1-2H3,(H,23,27)(H2,22,24,25). The summed E-state index contributed by atoms with van der Waals surface area (Å²) in [5.74, 6) is 0.276. The highest BCUT2D eigenvalue weighted by Crippen LogP contribution is 2.28. The number of nitrogens with one attached hydrogen (secondary N) is 3. The maximum atomic E-state index is 12.7. The number of alkyl halides is 3. The number of benzene rings is 1. The monoisotopic (exact) mass is 449 g/mol. The fourth-order valence-corrected chi connectivity index (χ4v) is 4.03. The molecule has 8 nitrogen and oxygen atoms in total. The Morgan fingerprint density at radius 1 is 1.23 bits per heavy atom. The van der Waals surface area contributed by atoms with Gasteiger partial charge in [0.1, 0.15) is 0 Å². The van der Waals surface area contributed by atoms with Gasteiger partial charge in [-0.1, -0.05) is 12.1 Å². The van der Waals surface area contributed by atoms with E-state index in [1.165, 1.54) is 0 Å². The van der Waals surface area contributed by atoms with Crippen molar-refractivity contribution in [3.8, 4) is 0 Å². The molecule has 1 aromatic carbocycles. The Morgan fingerprint density at radius 2 is 1.90 bits per heavy atom. The molecular weight excluding hydrogens is 423 g/mol. The second-order valence-corrected chi connectivity index (χ2v) is 8.68. The van der Waals surface area contributed by atoms with Crippen LogP contribution in [0.15, 0.2) is 29.3 Å². The Hall–Kier alpha value is -2.34. The summed E-state index contributed by atoms with van der Waals surface area (Å²) < 4.78 is 61.4. The normalized spacial score (nSPS) is 16.9. The highest BCUT2D eigenvalue weighted by atomic mass is 32.2. The first kappa shape index (κ1) is 23.9. The van der Waals surface area contributed by atoms with Crippen LogP contribution in [0.4, 0.5) is 13.2 Å². The lowest BCUT2D eigenvalue weighted by atomic mass is 10.1. The van der Waals surface area contributed by atoms with Crippen LogP contribution in [-0.2, 0) is 16.6 Å². The Morgan fingerprint density at radius 3 is 2.47 bits per heavy atom. The van der Waals surface area contributed by atoms with Gasteiger partial charge in [0, 0.05) is 44.8 Å². The molecule has 0 unspecified atom stereocenters. The number of guanidine groups is 1. The summed E-state index contributed by atoms with van der Waals surface area (Å²) in [7, 11) is -3.73. The van der Waals surface area contributed by atoms with Crippen LogP contribution in [0.25, 0.3) is 0 Å². The maximum absolute atomic E-state index is 12.7. The van der Waals surface area contributed by atoms with Crippen molar-refractivity contribution in [1.82, 2.24) is 20.3 Å². The van der Waals surface area contributed by atoms with E-state index in [-0.39, 0.29) is 37.9 Å². The van der Waals surface area contributed by atoms with Gasteiger partial charge in [0.15, 0.2) is 5.96 Å². The number of halogens is 3. The quantitative estimate of drug-likeness (QED) is 0.450. The number of amides is 1. The molecule has 0 spiro atoms. The molecular formula is C18H26F3N5O3S. The molecule has 0 saturated carbocycles. The van der Waals surface area contributed by atoms with Crippen molar-refractivity contribution in [2.75, 3.05) is 26.7 Å². The molecule has 1 saturated heterocycles. The smallest absolute Gasteiger partial charge is 0.354 e. The average molecular weight is 449 g/mol. The molecule has 0 bridgehead atoms. The van der Waals surface area contributed by atoms with Gasteiger partial charge in [-0.25, -0.2) is 8.42 Å². The summed E-state index contributed by atoms with van der Waals surface area (Å²) in [6, 6.07) is 6.88. The second-order valence-electron chi connectivity index (χ2n) is 6.75. The molecule has 2 rings (SSSR count). The van der Waals surface area contributed by atoms with Crippen molar-refractivity contribution >= 4 is 21.9 Å². The van der Waals surface area contributed by atoms with Gasteiger partial charge in [-0.2, -0.15) is 17.5 Å². The molecule has 0 radical (unpaired) electrons. The van der Waals surface area contributed by atoms with Gasteiger partial charge in [-0.15, -0.1) is 0 Å². The zero-order valence-corrected chi connectivity index (χ0v) is 17.6. The predicted molar refractivity (Wildman–Crippen MR) is 107 cm³/mol. The Bertz CT molecular complexity index is 866. The molecule has 1 fully saturated rings. The number of hydrogen-bond donors (Lipinski definition) is 3. The van der Waals surface area contributed by atoms with Gasteiger partial charge in [-0.05, 0) is 37.5 Å². The van der Waals surface area contributed by atoms with Crippen LogP contribution in [0.2, 0.25) is 0 Å². The highest BCUT2D eigenvalue weighted by Gasteiger charge is 2.50. The van der Waals surface area contributed by atoms with Gasteiger partial charge >= 0.3 is 15.5 Å². The Balaban J connectivity index is 1.88. The maximum Gasteiger partial charge on any atom is 0.511 e. The molecule has 1 aliphatic heterocycles. The summed E-state index contributed by atoms with van der Waals surface area (Å²) in [5, 5.41) is 8.92. The van der Waals surface area contributed by atoms with Crippen LogP contribution in [-0.4, -0.2) is 62.8 Å². The summed E-state index contributed by atoms with van der Waals surface area (Å²) in [4.78, 5) is 16.0. The number of carbonyl (C=O) groups excluding carboxylic acids is 1. The molecule has 0 atom stereocenters. The minimum atomic E-state index is -5.29. The third-order valence-electron chi connectivity index (χ3n) is 4.64. The van der Waals surface area contributed by atoms with Crippen LogP contribution < -0.4 is 16.0 Å². The lowest BCUT2D eigenvalue weighted by molar-refractivity contribution is -0.0494. The van der Waals surface area contributed by atoms with E-state index in [4.69, 9.17) is 0 Å². The van der Waals surface area contributed by atoms with Gasteiger partial charge < -0.3 is 16.0 Å². The van der Waals surface area contributed by atoms with Crippen LogP contribution in [0.5, 0.6) is 0 Å². The lowest BCUT2D eigenvalue weighted by Gasteiger charge is -2.32. The van der Waals surface area contributed by atoms with E-state index in [1.807, 2.05) is 13.0 Å². The SMILES string of the molecule is CCNC(=O)c1cccc(CNC(=NC)NC2CCN(S(=O)(=O)C(F)(F)F)CC2)c1. The summed E-state index contributed by atoms with van der Waals surface area (Å²) in [5.41, 5.74) is -3.89.